The van der Waals surface area contributed by atoms with Crippen molar-refractivity contribution in [2.75, 3.05) is 18.1 Å². The maximum atomic E-state index is 13.3. The fourth-order valence-corrected chi connectivity index (χ4v) is 1.66. The van der Waals surface area contributed by atoms with E-state index in [1.54, 1.807) is 0 Å². The standard InChI is InChI=1S/C12H12FNO2S/c1-2-6-17-7-5-14-12(16)10-4-3-9(15)8-11(10)13/h1,3-4,8,15H,5-7H2,(H,14,16). The molecule has 0 saturated heterocycles. The van der Waals surface area contributed by atoms with Gasteiger partial charge in [0.1, 0.15) is 11.6 Å². The van der Waals surface area contributed by atoms with Crippen molar-refractivity contribution in [3.63, 3.8) is 0 Å². The first kappa shape index (κ1) is 13.4. The van der Waals surface area contributed by atoms with Gasteiger partial charge in [0.25, 0.3) is 5.91 Å². The van der Waals surface area contributed by atoms with Crippen molar-refractivity contribution in [3.05, 3.63) is 29.6 Å². The Balaban J connectivity index is 2.45. The zero-order chi connectivity index (χ0) is 12.7. The van der Waals surface area contributed by atoms with Gasteiger partial charge in [-0.05, 0) is 12.1 Å². The molecule has 0 aliphatic rings. The summed E-state index contributed by atoms with van der Waals surface area (Å²) in [5, 5.41) is 11.6. The summed E-state index contributed by atoms with van der Waals surface area (Å²) >= 11 is 1.51. The number of aromatic hydroxyl groups is 1. The summed E-state index contributed by atoms with van der Waals surface area (Å²) in [6, 6.07) is 3.42. The fourth-order valence-electron chi connectivity index (χ4n) is 1.15. The molecule has 0 bridgehead atoms. The van der Waals surface area contributed by atoms with Crippen molar-refractivity contribution in [3.8, 4) is 18.1 Å². The Morgan fingerprint density at radius 1 is 1.59 bits per heavy atom. The van der Waals surface area contributed by atoms with Crippen molar-refractivity contribution in [2.45, 2.75) is 0 Å². The van der Waals surface area contributed by atoms with Gasteiger partial charge >= 0.3 is 0 Å². The number of hydrogen-bond acceptors (Lipinski definition) is 3. The van der Waals surface area contributed by atoms with Gasteiger partial charge in [-0.2, -0.15) is 0 Å². The minimum Gasteiger partial charge on any atom is -0.508 e. The highest BCUT2D eigenvalue weighted by atomic mass is 32.2. The first-order chi connectivity index (χ1) is 8.15. The van der Waals surface area contributed by atoms with Crippen LogP contribution in [-0.4, -0.2) is 29.1 Å². The van der Waals surface area contributed by atoms with Crippen molar-refractivity contribution in [1.82, 2.24) is 5.32 Å². The fraction of sp³-hybridized carbons (Fsp3) is 0.250. The Labute approximate surface area is 103 Å². The molecule has 0 aromatic heterocycles. The molecule has 3 nitrogen and oxygen atoms in total. The summed E-state index contributed by atoms with van der Waals surface area (Å²) in [7, 11) is 0. The Morgan fingerprint density at radius 2 is 2.35 bits per heavy atom. The summed E-state index contributed by atoms with van der Waals surface area (Å²) in [4.78, 5) is 11.5. The average Bonchev–Trinajstić information content (AvgIpc) is 2.28. The van der Waals surface area contributed by atoms with Crippen LogP contribution < -0.4 is 5.32 Å². The normalized spacial score (nSPS) is 9.65. The zero-order valence-corrected chi connectivity index (χ0v) is 9.89. The number of carbonyl (C=O) groups is 1. The molecular weight excluding hydrogens is 241 g/mol. The van der Waals surface area contributed by atoms with Crippen LogP contribution >= 0.6 is 11.8 Å². The number of rotatable bonds is 5. The monoisotopic (exact) mass is 253 g/mol. The maximum absolute atomic E-state index is 13.3. The minimum atomic E-state index is -0.737. The number of hydrogen-bond donors (Lipinski definition) is 2. The molecule has 1 amide bonds. The number of halogens is 1. The first-order valence-electron chi connectivity index (χ1n) is 4.93. The lowest BCUT2D eigenvalue weighted by Gasteiger charge is -2.05. The van der Waals surface area contributed by atoms with E-state index in [0.717, 1.165) is 6.07 Å². The highest BCUT2D eigenvalue weighted by Gasteiger charge is 2.11. The van der Waals surface area contributed by atoms with Crippen LogP contribution in [0.25, 0.3) is 0 Å². The summed E-state index contributed by atoms with van der Waals surface area (Å²) < 4.78 is 13.3. The molecule has 0 fully saturated rings. The number of nitrogens with one attached hydrogen (secondary N) is 1. The van der Waals surface area contributed by atoms with Crippen LogP contribution in [0.3, 0.4) is 0 Å². The predicted octanol–water partition coefficient (Wildman–Crippen LogP) is 1.63. The van der Waals surface area contributed by atoms with Crippen LogP contribution in [0.2, 0.25) is 0 Å². The van der Waals surface area contributed by atoms with E-state index in [2.05, 4.69) is 11.2 Å². The largest absolute Gasteiger partial charge is 0.508 e. The van der Waals surface area contributed by atoms with Crippen LogP contribution in [0.4, 0.5) is 4.39 Å². The van der Waals surface area contributed by atoms with Crippen LogP contribution in [-0.2, 0) is 0 Å². The number of phenolic OH excluding ortho intramolecular Hbond substituents is 1. The topological polar surface area (TPSA) is 49.3 Å². The molecule has 5 heteroatoms. The molecule has 0 saturated carbocycles. The van der Waals surface area contributed by atoms with Gasteiger partial charge in [-0.3, -0.25) is 4.79 Å². The number of benzene rings is 1. The average molecular weight is 253 g/mol. The predicted molar refractivity (Wildman–Crippen MR) is 66.6 cm³/mol. The zero-order valence-electron chi connectivity index (χ0n) is 9.07. The van der Waals surface area contributed by atoms with Crippen molar-refractivity contribution >= 4 is 17.7 Å². The molecule has 2 N–H and O–H groups in total. The highest BCUT2D eigenvalue weighted by molar-refractivity contribution is 7.99. The Bertz CT molecular complexity index is 443. The molecule has 1 aromatic rings. The van der Waals surface area contributed by atoms with Gasteiger partial charge in [-0.1, -0.05) is 5.92 Å². The van der Waals surface area contributed by atoms with E-state index < -0.39 is 11.7 Å². The lowest BCUT2D eigenvalue weighted by Crippen LogP contribution is -2.26. The molecule has 0 unspecified atom stereocenters. The maximum Gasteiger partial charge on any atom is 0.254 e. The third-order valence-corrected chi connectivity index (χ3v) is 2.78. The SMILES string of the molecule is C#CCSCCNC(=O)c1ccc(O)cc1F. The van der Waals surface area contributed by atoms with Gasteiger partial charge in [0, 0.05) is 18.4 Å². The van der Waals surface area contributed by atoms with Crippen LogP contribution in [0.5, 0.6) is 5.75 Å². The molecule has 1 rings (SSSR count). The number of phenols is 1. The molecule has 90 valence electrons. The quantitative estimate of drug-likeness (QED) is 0.619. The van der Waals surface area contributed by atoms with Gasteiger partial charge in [0.2, 0.25) is 0 Å². The minimum absolute atomic E-state index is 0.0789. The van der Waals surface area contributed by atoms with E-state index >= 15 is 0 Å². The van der Waals surface area contributed by atoms with Crippen molar-refractivity contribution in [1.29, 1.82) is 0 Å². The molecule has 0 heterocycles. The van der Waals surface area contributed by atoms with Gasteiger partial charge < -0.3 is 10.4 Å². The van der Waals surface area contributed by atoms with Gasteiger partial charge in [-0.25, -0.2) is 4.39 Å². The van der Waals surface area contributed by atoms with Crippen LogP contribution in [0.1, 0.15) is 10.4 Å². The highest BCUT2D eigenvalue weighted by Crippen LogP contribution is 2.14. The summed E-state index contributed by atoms with van der Waals surface area (Å²) in [5.41, 5.74) is -0.0789. The van der Waals surface area contributed by atoms with Gasteiger partial charge in [0.05, 0.1) is 11.3 Å². The molecule has 0 aliphatic carbocycles. The second-order valence-corrected chi connectivity index (χ2v) is 4.28. The third kappa shape index (κ3) is 4.37. The molecular formula is C12H12FNO2S. The summed E-state index contributed by atoms with van der Waals surface area (Å²) in [6.07, 6.45) is 5.06. The smallest absolute Gasteiger partial charge is 0.254 e. The van der Waals surface area contributed by atoms with E-state index in [1.165, 1.54) is 23.9 Å². The Hall–Kier alpha value is -1.67. The van der Waals surface area contributed by atoms with Gasteiger partial charge in [0.15, 0.2) is 0 Å². The number of amides is 1. The lowest BCUT2D eigenvalue weighted by atomic mass is 10.2. The summed E-state index contributed by atoms with van der Waals surface area (Å²) in [5.74, 6) is 2.29. The molecule has 0 spiro atoms. The Kier molecular flexibility index (Phi) is 5.37. The van der Waals surface area contributed by atoms with E-state index in [1.807, 2.05) is 0 Å². The summed E-state index contributed by atoms with van der Waals surface area (Å²) in [6.45, 7) is 0.422. The van der Waals surface area contributed by atoms with Crippen LogP contribution in [0, 0.1) is 18.2 Å². The molecule has 1 aromatic carbocycles. The second kappa shape index (κ2) is 6.81. The van der Waals surface area contributed by atoms with E-state index in [4.69, 9.17) is 11.5 Å². The second-order valence-electron chi connectivity index (χ2n) is 3.18. The molecule has 17 heavy (non-hydrogen) atoms. The van der Waals surface area contributed by atoms with E-state index in [-0.39, 0.29) is 11.3 Å². The first-order valence-corrected chi connectivity index (χ1v) is 6.08. The lowest BCUT2D eigenvalue weighted by molar-refractivity contribution is 0.0952. The molecule has 0 radical (unpaired) electrons. The number of terminal acetylenes is 1. The molecule has 0 atom stereocenters. The van der Waals surface area contributed by atoms with Crippen molar-refractivity contribution < 1.29 is 14.3 Å². The number of thioether (sulfide) groups is 1. The Morgan fingerprint density at radius 3 is 3.00 bits per heavy atom. The van der Waals surface area contributed by atoms with Crippen LogP contribution in [0.15, 0.2) is 18.2 Å². The van der Waals surface area contributed by atoms with E-state index in [9.17, 15) is 9.18 Å². The van der Waals surface area contributed by atoms with Crippen molar-refractivity contribution in [2.24, 2.45) is 0 Å². The number of carbonyl (C=O) groups excluding carboxylic acids is 1. The third-order valence-electron chi connectivity index (χ3n) is 1.91. The molecule has 0 aliphatic heterocycles. The van der Waals surface area contributed by atoms with Gasteiger partial charge in [-0.15, -0.1) is 18.2 Å². The van der Waals surface area contributed by atoms with E-state index in [0.29, 0.717) is 18.1 Å².